The van der Waals surface area contributed by atoms with Gasteiger partial charge in [-0.05, 0) is 13.8 Å². The molecule has 0 aromatic heterocycles. The van der Waals surface area contributed by atoms with E-state index in [2.05, 4.69) is 0 Å². The standard InChI is InChI=1S/C8H13ClO4/c1-8(2)12-5(4-7(10)11)3-6(9)13-8/h5-6H,3-4H2,1-2H3,(H,10,11)/t5-,6+/m0/s1. The number of carboxylic acid groups (broad SMARTS) is 1. The lowest BCUT2D eigenvalue weighted by Gasteiger charge is -2.38. The molecule has 1 heterocycles. The molecule has 1 fully saturated rings. The molecule has 0 unspecified atom stereocenters. The second kappa shape index (κ2) is 3.82. The van der Waals surface area contributed by atoms with Crippen molar-refractivity contribution in [1.29, 1.82) is 0 Å². The second-order valence-electron chi connectivity index (χ2n) is 3.50. The first-order chi connectivity index (χ1) is 5.89. The van der Waals surface area contributed by atoms with Crippen molar-refractivity contribution in [3.8, 4) is 0 Å². The highest BCUT2D eigenvalue weighted by Crippen LogP contribution is 2.29. The molecule has 1 saturated heterocycles. The van der Waals surface area contributed by atoms with Crippen LogP contribution in [0.25, 0.3) is 0 Å². The van der Waals surface area contributed by atoms with Crippen LogP contribution >= 0.6 is 11.6 Å². The Kier molecular flexibility index (Phi) is 3.16. The third kappa shape index (κ3) is 3.50. The number of hydrogen-bond acceptors (Lipinski definition) is 3. The summed E-state index contributed by atoms with van der Waals surface area (Å²) in [6, 6.07) is 0. The van der Waals surface area contributed by atoms with Crippen LogP contribution in [-0.2, 0) is 14.3 Å². The van der Waals surface area contributed by atoms with Crippen molar-refractivity contribution in [2.24, 2.45) is 0 Å². The van der Waals surface area contributed by atoms with Crippen LogP contribution in [-0.4, -0.2) is 28.5 Å². The Balaban J connectivity index is 2.52. The SMILES string of the molecule is CC1(C)O[C@H](CC(=O)O)C[C@H](Cl)O1. The van der Waals surface area contributed by atoms with Crippen LogP contribution in [0.3, 0.4) is 0 Å². The molecule has 0 amide bonds. The van der Waals surface area contributed by atoms with Crippen LogP contribution in [0, 0.1) is 0 Å². The van der Waals surface area contributed by atoms with Gasteiger partial charge in [0.25, 0.3) is 0 Å². The topological polar surface area (TPSA) is 55.8 Å². The third-order valence-corrected chi connectivity index (χ3v) is 1.98. The van der Waals surface area contributed by atoms with Crippen molar-refractivity contribution in [2.75, 3.05) is 0 Å². The summed E-state index contributed by atoms with van der Waals surface area (Å²) in [5.74, 6) is -1.67. The minimum absolute atomic E-state index is 0.0317. The third-order valence-electron chi connectivity index (χ3n) is 1.71. The monoisotopic (exact) mass is 208 g/mol. The number of hydrogen-bond donors (Lipinski definition) is 1. The summed E-state index contributed by atoms with van der Waals surface area (Å²) in [6.45, 7) is 3.44. The first kappa shape index (κ1) is 10.8. The Labute approximate surface area is 81.8 Å². The normalized spacial score (nSPS) is 32.8. The van der Waals surface area contributed by atoms with E-state index in [1.54, 1.807) is 13.8 Å². The van der Waals surface area contributed by atoms with E-state index < -0.39 is 17.3 Å². The van der Waals surface area contributed by atoms with Gasteiger partial charge in [0, 0.05) is 6.42 Å². The van der Waals surface area contributed by atoms with Crippen LogP contribution in [0.4, 0.5) is 0 Å². The maximum Gasteiger partial charge on any atom is 0.305 e. The number of ether oxygens (including phenoxy) is 2. The zero-order valence-electron chi connectivity index (χ0n) is 7.62. The molecule has 76 valence electrons. The largest absolute Gasteiger partial charge is 0.481 e. The molecule has 1 aliphatic rings. The molecule has 1 aliphatic heterocycles. The first-order valence-electron chi connectivity index (χ1n) is 4.10. The summed E-state index contributed by atoms with van der Waals surface area (Å²) in [5.41, 5.74) is -0.465. The Morgan fingerprint density at radius 3 is 2.69 bits per heavy atom. The lowest BCUT2D eigenvalue weighted by atomic mass is 10.1. The number of rotatable bonds is 2. The second-order valence-corrected chi connectivity index (χ2v) is 3.99. The average Bonchev–Trinajstić information content (AvgIpc) is 1.78. The van der Waals surface area contributed by atoms with E-state index in [1.807, 2.05) is 0 Å². The molecule has 0 aliphatic carbocycles. The highest BCUT2D eigenvalue weighted by molar-refractivity contribution is 6.19. The fourth-order valence-corrected chi connectivity index (χ4v) is 1.77. The van der Waals surface area contributed by atoms with E-state index in [1.165, 1.54) is 0 Å². The molecule has 0 aromatic rings. The van der Waals surface area contributed by atoms with E-state index in [0.29, 0.717) is 6.42 Å². The van der Waals surface area contributed by atoms with Gasteiger partial charge in [0.2, 0.25) is 0 Å². The van der Waals surface area contributed by atoms with Gasteiger partial charge in [-0.1, -0.05) is 11.6 Å². The summed E-state index contributed by atoms with van der Waals surface area (Å²) >= 11 is 5.78. The first-order valence-corrected chi connectivity index (χ1v) is 4.54. The molecule has 0 saturated carbocycles. The summed E-state index contributed by atoms with van der Waals surface area (Å²) in [5, 5.41) is 8.56. The van der Waals surface area contributed by atoms with E-state index in [9.17, 15) is 4.79 Å². The molecule has 0 bridgehead atoms. The highest BCUT2D eigenvalue weighted by atomic mass is 35.5. The fraction of sp³-hybridized carbons (Fsp3) is 0.875. The molecule has 2 atom stereocenters. The fourth-order valence-electron chi connectivity index (χ4n) is 1.36. The summed E-state index contributed by atoms with van der Waals surface area (Å²) in [4.78, 5) is 10.4. The van der Waals surface area contributed by atoms with E-state index in [0.717, 1.165) is 0 Å². The summed E-state index contributed by atoms with van der Waals surface area (Å²) in [6.07, 6.45) is 0.0246. The van der Waals surface area contributed by atoms with Gasteiger partial charge in [0.15, 0.2) is 5.79 Å². The molecule has 4 nitrogen and oxygen atoms in total. The zero-order valence-corrected chi connectivity index (χ0v) is 8.37. The molecule has 0 radical (unpaired) electrons. The van der Waals surface area contributed by atoms with Crippen LogP contribution in [0.2, 0.25) is 0 Å². The van der Waals surface area contributed by atoms with Crippen molar-refractivity contribution in [2.45, 2.75) is 44.1 Å². The lowest BCUT2D eigenvalue weighted by molar-refractivity contribution is -0.283. The summed E-state index contributed by atoms with van der Waals surface area (Å²) in [7, 11) is 0. The van der Waals surface area contributed by atoms with Gasteiger partial charge in [-0.3, -0.25) is 4.79 Å². The predicted molar refractivity (Wildman–Crippen MR) is 46.5 cm³/mol. The Morgan fingerprint density at radius 1 is 1.62 bits per heavy atom. The van der Waals surface area contributed by atoms with Crippen molar-refractivity contribution in [1.82, 2.24) is 0 Å². The van der Waals surface area contributed by atoms with Gasteiger partial charge < -0.3 is 14.6 Å². The van der Waals surface area contributed by atoms with Crippen LogP contribution < -0.4 is 0 Å². The average molecular weight is 209 g/mol. The minimum Gasteiger partial charge on any atom is -0.481 e. The van der Waals surface area contributed by atoms with Crippen LogP contribution in [0.5, 0.6) is 0 Å². The number of aliphatic carboxylic acids is 1. The molecule has 13 heavy (non-hydrogen) atoms. The summed E-state index contributed by atoms with van der Waals surface area (Å²) < 4.78 is 10.6. The van der Waals surface area contributed by atoms with Gasteiger partial charge >= 0.3 is 5.97 Å². The minimum atomic E-state index is -0.883. The maximum absolute atomic E-state index is 10.4. The van der Waals surface area contributed by atoms with Gasteiger partial charge in [0.05, 0.1) is 12.5 Å². The molecule has 0 aromatic carbocycles. The smallest absolute Gasteiger partial charge is 0.305 e. The Morgan fingerprint density at radius 2 is 2.23 bits per heavy atom. The molecule has 0 spiro atoms. The number of halogens is 1. The molecule has 1 rings (SSSR count). The van der Waals surface area contributed by atoms with Crippen molar-refractivity contribution >= 4 is 17.6 Å². The Bertz CT molecular complexity index is 204. The highest BCUT2D eigenvalue weighted by Gasteiger charge is 2.35. The zero-order chi connectivity index (χ0) is 10.1. The van der Waals surface area contributed by atoms with Crippen LogP contribution in [0.15, 0.2) is 0 Å². The maximum atomic E-state index is 10.4. The molecular formula is C8H13ClO4. The Hall–Kier alpha value is -0.320. The predicted octanol–water partition coefficient (Wildman–Crippen LogP) is 1.57. The van der Waals surface area contributed by atoms with E-state index >= 15 is 0 Å². The van der Waals surface area contributed by atoms with Crippen molar-refractivity contribution in [3.05, 3.63) is 0 Å². The number of alkyl halides is 1. The van der Waals surface area contributed by atoms with Gasteiger partial charge in [-0.25, -0.2) is 0 Å². The lowest BCUT2D eigenvalue weighted by Crippen LogP contribution is -2.43. The van der Waals surface area contributed by atoms with Gasteiger partial charge in [0.1, 0.15) is 5.56 Å². The van der Waals surface area contributed by atoms with Gasteiger partial charge in [-0.15, -0.1) is 0 Å². The van der Waals surface area contributed by atoms with E-state index in [-0.39, 0.29) is 12.5 Å². The number of carbonyl (C=O) groups is 1. The molecule has 1 N–H and O–H groups in total. The van der Waals surface area contributed by atoms with Crippen LogP contribution in [0.1, 0.15) is 26.7 Å². The quantitative estimate of drug-likeness (QED) is 0.700. The molecular weight excluding hydrogens is 196 g/mol. The van der Waals surface area contributed by atoms with E-state index in [4.69, 9.17) is 26.2 Å². The number of carboxylic acids is 1. The molecule has 5 heteroatoms. The van der Waals surface area contributed by atoms with Crippen molar-refractivity contribution in [3.63, 3.8) is 0 Å². The van der Waals surface area contributed by atoms with Gasteiger partial charge in [-0.2, -0.15) is 0 Å². The van der Waals surface area contributed by atoms with Crippen molar-refractivity contribution < 1.29 is 19.4 Å².